The maximum absolute atomic E-state index is 13.7. The number of aliphatic carboxylic acids is 1. The molecule has 5 rings (SSSR count). The summed E-state index contributed by atoms with van der Waals surface area (Å²) in [5.41, 5.74) is 0.185. The van der Waals surface area contributed by atoms with Crippen molar-refractivity contribution in [1.29, 1.82) is 0 Å². The van der Waals surface area contributed by atoms with Crippen molar-refractivity contribution in [2.45, 2.75) is 50.3 Å². The number of anilines is 1. The Labute approximate surface area is 235 Å². The number of fused-ring (bicyclic) bond motifs is 2. The van der Waals surface area contributed by atoms with E-state index in [1.165, 1.54) is 24.1 Å². The second-order valence-corrected chi connectivity index (χ2v) is 10.6. The van der Waals surface area contributed by atoms with E-state index >= 15 is 0 Å². The third-order valence-corrected chi connectivity index (χ3v) is 8.09. The number of carbonyl (C=O) groups is 5. The Morgan fingerprint density at radius 3 is 2.61 bits per heavy atom. The van der Waals surface area contributed by atoms with Crippen LogP contribution >= 0.6 is 0 Å². The first kappa shape index (κ1) is 28.2. The van der Waals surface area contributed by atoms with Crippen molar-refractivity contribution in [3.8, 4) is 0 Å². The fraction of sp³-hybridized carbons (Fsp3) is 0.414. The van der Waals surface area contributed by atoms with Gasteiger partial charge < -0.3 is 30.3 Å². The van der Waals surface area contributed by atoms with Gasteiger partial charge in [0, 0.05) is 37.3 Å². The van der Waals surface area contributed by atoms with Crippen LogP contribution in [0.25, 0.3) is 0 Å². The number of rotatable bonds is 7. The number of Topliss-reactive ketones (excluding diaryl/α,β-unsaturated/α-hetero) is 1. The average molecular weight is 567 g/mol. The summed E-state index contributed by atoms with van der Waals surface area (Å²) in [6.07, 6.45) is 1.96. The van der Waals surface area contributed by atoms with Gasteiger partial charge in [-0.3, -0.25) is 19.2 Å². The fourth-order valence-electron chi connectivity index (χ4n) is 5.96. The molecule has 2 aromatic carbocycles. The molecule has 0 aromatic heterocycles. The minimum absolute atomic E-state index is 0.0680. The summed E-state index contributed by atoms with van der Waals surface area (Å²) in [4.78, 5) is 66.7. The zero-order valence-electron chi connectivity index (χ0n) is 22.5. The second-order valence-electron chi connectivity index (χ2n) is 10.6. The predicted octanol–water partition coefficient (Wildman–Crippen LogP) is 2.39. The van der Waals surface area contributed by atoms with E-state index in [2.05, 4.69) is 10.6 Å². The molecular formula is C29H31FN4O7. The molecule has 12 heteroatoms. The summed E-state index contributed by atoms with van der Waals surface area (Å²) in [5, 5.41) is 14.7. The predicted molar refractivity (Wildman–Crippen MR) is 143 cm³/mol. The number of amides is 4. The van der Waals surface area contributed by atoms with Crippen LogP contribution in [0.3, 0.4) is 0 Å². The Morgan fingerprint density at radius 2 is 1.90 bits per heavy atom. The van der Waals surface area contributed by atoms with E-state index in [-0.39, 0.29) is 38.7 Å². The Bertz CT molecular complexity index is 1400. The Morgan fingerprint density at radius 1 is 1.15 bits per heavy atom. The van der Waals surface area contributed by atoms with E-state index in [1.54, 1.807) is 35.2 Å². The topological polar surface area (TPSA) is 145 Å². The van der Waals surface area contributed by atoms with Crippen molar-refractivity contribution in [1.82, 2.24) is 15.1 Å². The van der Waals surface area contributed by atoms with E-state index in [0.717, 1.165) is 0 Å². The van der Waals surface area contributed by atoms with Crippen LogP contribution in [0.4, 0.5) is 14.9 Å². The number of hydrogen-bond donors (Lipinski definition) is 3. The molecule has 0 unspecified atom stereocenters. The van der Waals surface area contributed by atoms with E-state index in [4.69, 9.17) is 4.74 Å². The first-order valence-corrected chi connectivity index (χ1v) is 13.5. The van der Waals surface area contributed by atoms with Crippen LogP contribution in [-0.2, 0) is 42.5 Å². The SMILES string of the molecule is CNC(=O)Nc1ccc2c(c1)CC(=O)[C@]21OCN(CC(=O)N(Cc2ccc(F)cc2)[C@H]2CCC[C@H](C(=O)O)C2)C1=O. The molecule has 1 aliphatic heterocycles. The lowest BCUT2D eigenvalue weighted by Gasteiger charge is -2.37. The molecule has 0 bridgehead atoms. The molecule has 2 fully saturated rings. The Hall–Kier alpha value is -4.32. The summed E-state index contributed by atoms with van der Waals surface area (Å²) < 4.78 is 19.4. The maximum atomic E-state index is 13.7. The van der Waals surface area contributed by atoms with Gasteiger partial charge in [0.05, 0.1) is 5.92 Å². The van der Waals surface area contributed by atoms with E-state index in [9.17, 15) is 33.5 Å². The first-order valence-electron chi connectivity index (χ1n) is 13.5. The van der Waals surface area contributed by atoms with E-state index in [1.807, 2.05) is 0 Å². The van der Waals surface area contributed by atoms with Crippen LogP contribution in [0.1, 0.15) is 42.4 Å². The zero-order chi connectivity index (χ0) is 29.3. The van der Waals surface area contributed by atoms with Crippen LogP contribution in [0.5, 0.6) is 0 Å². The van der Waals surface area contributed by atoms with Gasteiger partial charge in [0.25, 0.3) is 5.91 Å². The number of carboxylic acids is 1. The van der Waals surface area contributed by atoms with Gasteiger partial charge in [-0.1, -0.05) is 24.6 Å². The summed E-state index contributed by atoms with van der Waals surface area (Å²) in [5.74, 6) is -3.44. The molecule has 216 valence electrons. The van der Waals surface area contributed by atoms with Crippen molar-refractivity contribution >= 4 is 35.3 Å². The smallest absolute Gasteiger partial charge is 0.318 e. The molecule has 1 saturated heterocycles. The lowest BCUT2D eigenvalue weighted by atomic mass is 9.84. The van der Waals surface area contributed by atoms with Gasteiger partial charge in [0.15, 0.2) is 5.78 Å². The Kier molecular flexibility index (Phi) is 7.76. The highest BCUT2D eigenvalue weighted by Crippen LogP contribution is 2.43. The first-order chi connectivity index (χ1) is 19.6. The number of nitrogens with one attached hydrogen (secondary N) is 2. The van der Waals surface area contributed by atoms with Crippen LogP contribution in [0.15, 0.2) is 42.5 Å². The van der Waals surface area contributed by atoms with Crippen LogP contribution < -0.4 is 10.6 Å². The van der Waals surface area contributed by atoms with Crippen molar-refractivity contribution in [2.75, 3.05) is 25.6 Å². The molecule has 3 aliphatic rings. The molecular weight excluding hydrogens is 535 g/mol. The molecule has 0 radical (unpaired) electrons. The Balaban J connectivity index is 1.36. The largest absolute Gasteiger partial charge is 0.481 e. The van der Waals surface area contributed by atoms with Crippen molar-refractivity contribution in [3.05, 3.63) is 65.0 Å². The van der Waals surface area contributed by atoms with Crippen molar-refractivity contribution in [2.24, 2.45) is 5.92 Å². The number of urea groups is 1. The summed E-state index contributed by atoms with van der Waals surface area (Å²) in [6.45, 7) is -0.525. The second kappa shape index (κ2) is 11.3. The standard InChI is InChI=1S/C29H31FN4O7/c1-31-28(40)32-21-9-10-23-19(11-21)13-24(35)29(23)27(39)33(16-41-29)15-25(36)34(14-17-5-7-20(30)8-6-17)22-4-2-3-18(12-22)26(37)38/h5-11,18,22H,2-4,12-16H2,1H3,(H,37,38)(H2,31,32,40)/t18-,22-,29+/m0/s1. The van der Waals surface area contributed by atoms with E-state index in [0.29, 0.717) is 41.6 Å². The summed E-state index contributed by atoms with van der Waals surface area (Å²) in [6, 6.07) is 9.66. The average Bonchev–Trinajstić information content (AvgIpc) is 3.43. The van der Waals surface area contributed by atoms with Gasteiger partial charge >= 0.3 is 12.0 Å². The fourth-order valence-corrected chi connectivity index (χ4v) is 5.96. The number of ether oxygens (including phenoxy) is 1. The molecule has 3 N–H and O–H groups in total. The molecule has 1 saturated carbocycles. The number of nitrogens with zero attached hydrogens (tertiary/aromatic N) is 2. The zero-order valence-corrected chi connectivity index (χ0v) is 22.5. The quantitative estimate of drug-likeness (QED) is 0.437. The van der Waals surface area contributed by atoms with Gasteiger partial charge in [-0.15, -0.1) is 0 Å². The van der Waals surface area contributed by atoms with Crippen LogP contribution in [0.2, 0.25) is 0 Å². The molecule has 1 spiro atoms. The lowest BCUT2D eigenvalue weighted by molar-refractivity contribution is -0.150. The van der Waals surface area contributed by atoms with Crippen molar-refractivity contribution < 1.29 is 38.2 Å². The molecule has 41 heavy (non-hydrogen) atoms. The highest BCUT2D eigenvalue weighted by Gasteiger charge is 2.59. The third-order valence-electron chi connectivity index (χ3n) is 8.09. The van der Waals surface area contributed by atoms with Gasteiger partial charge in [-0.2, -0.15) is 0 Å². The molecule has 4 amide bonds. The molecule has 11 nitrogen and oxygen atoms in total. The monoisotopic (exact) mass is 566 g/mol. The van der Waals surface area contributed by atoms with Crippen molar-refractivity contribution in [3.63, 3.8) is 0 Å². The molecule has 2 aromatic rings. The maximum Gasteiger partial charge on any atom is 0.318 e. The minimum Gasteiger partial charge on any atom is -0.481 e. The van der Waals surface area contributed by atoms with Gasteiger partial charge in [0.2, 0.25) is 11.5 Å². The third kappa shape index (κ3) is 5.39. The normalized spacial score (nSPS) is 23.4. The minimum atomic E-state index is -1.86. The highest BCUT2D eigenvalue weighted by atomic mass is 19.1. The van der Waals surface area contributed by atoms with E-state index < -0.39 is 46.9 Å². The van der Waals surface area contributed by atoms with Crippen LogP contribution in [-0.4, -0.2) is 70.9 Å². The number of ketones is 1. The molecule has 1 heterocycles. The van der Waals surface area contributed by atoms with Crippen LogP contribution in [0, 0.1) is 11.7 Å². The lowest BCUT2D eigenvalue weighted by Crippen LogP contribution is -2.49. The number of carbonyl (C=O) groups excluding carboxylic acids is 4. The molecule has 3 atom stereocenters. The number of benzene rings is 2. The number of carboxylic acid groups (broad SMARTS) is 1. The summed E-state index contributed by atoms with van der Waals surface area (Å²) in [7, 11) is 1.47. The van der Waals surface area contributed by atoms with Gasteiger partial charge in [-0.05, 0) is 54.7 Å². The summed E-state index contributed by atoms with van der Waals surface area (Å²) >= 11 is 0. The highest BCUT2D eigenvalue weighted by molar-refractivity contribution is 6.15. The van der Waals surface area contributed by atoms with Gasteiger partial charge in [-0.25, -0.2) is 9.18 Å². The number of hydrogen-bond acceptors (Lipinski definition) is 6. The van der Waals surface area contributed by atoms with Gasteiger partial charge in [0.1, 0.15) is 19.1 Å². The number of halogens is 1. The molecule has 2 aliphatic carbocycles.